The van der Waals surface area contributed by atoms with E-state index in [0.717, 1.165) is 21.5 Å². The fraction of sp³-hybridized carbons (Fsp3) is 0.294. The Hall–Kier alpha value is -2.95. The van der Waals surface area contributed by atoms with Crippen molar-refractivity contribution in [3.63, 3.8) is 0 Å². The Morgan fingerprint density at radius 2 is 1.79 bits per heavy atom. The molecule has 5 rings (SSSR count). The van der Waals surface area contributed by atoms with Crippen molar-refractivity contribution >= 4 is 38.2 Å². The summed E-state index contributed by atoms with van der Waals surface area (Å²) in [5, 5.41) is 0.925. The normalized spacial score (nSPS) is 15.7. The number of imidazole rings is 1. The van der Waals surface area contributed by atoms with E-state index in [4.69, 9.17) is 0 Å². The Labute approximate surface area is 161 Å². The van der Waals surface area contributed by atoms with Gasteiger partial charge in [-0.25, -0.2) is 15.0 Å². The fourth-order valence-corrected chi connectivity index (χ4v) is 4.26. The molecule has 4 aromatic heterocycles. The number of aromatic nitrogens is 5. The zero-order valence-corrected chi connectivity index (χ0v) is 15.3. The van der Waals surface area contributed by atoms with Gasteiger partial charge in [-0.3, -0.25) is 4.98 Å². The average Bonchev–Trinajstić information content (AvgIpc) is 3.32. The highest BCUT2D eigenvalue weighted by atomic mass is 32.1. The summed E-state index contributed by atoms with van der Waals surface area (Å²) in [6, 6.07) is 1.94. The zero-order chi connectivity index (χ0) is 19.3. The van der Waals surface area contributed by atoms with Gasteiger partial charge in [-0.05, 0) is 6.07 Å². The van der Waals surface area contributed by atoms with Crippen LogP contribution >= 0.6 is 11.3 Å². The third-order valence-corrected chi connectivity index (χ3v) is 5.77. The lowest BCUT2D eigenvalue weighted by molar-refractivity contribution is -0.140. The van der Waals surface area contributed by atoms with Crippen LogP contribution in [0.25, 0.3) is 15.9 Å². The van der Waals surface area contributed by atoms with Crippen LogP contribution < -0.4 is 9.80 Å². The lowest BCUT2D eigenvalue weighted by Crippen LogP contribution is -2.47. The number of pyridine rings is 1. The van der Waals surface area contributed by atoms with Gasteiger partial charge in [-0.2, -0.15) is 13.2 Å². The van der Waals surface area contributed by atoms with Gasteiger partial charge in [0.1, 0.15) is 5.52 Å². The van der Waals surface area contributed by atoms with E-state index >= 15 is 0 Å². The largest absolute Gasteiger partial charge is 0.434 e. The molecule has 144 valence electrons. The first-order chi connectivity index (χ1) is 13.5. The molecule has 0 N–H and O–H groups in total. The van der Waals surface area contributed by atoms with Crippen LogP contribution in [-0.4, -0.2) is 50.5 Å². The van der Waals surface area contributed by atoms with Crippen LogP contribution in [-0.2, 0) is 6.18 Å². The molecule has 0 unspecified atom stereocenters. The summed E-state index contributed by atoms with van der Waals surface area (Å²) in [6.07, 6.45) is 2.97. The quantitative estimate of drug-likeness (QED) is 0.511. The predicted molar refractivity (Wildman–Crippen MR) is 99.8 cm³/mol. The molecule has 1 fully saturated rings. The number of fused-ring (bicyclic) bond motifs is 2. The molecule has 0 aromatic carbocycles. The van der Waals surface area contributed by atoms with Crippen molar-refractivity contribution < 1.29 is 13.2 Å². The number of piperazine rings is 1. The summed E-state index contributed by atoms with van der Waals surface area (Å²) in [4.78, 5) is 20.9. The minimum Gasteiger partial charge on any atom is -0.350 e. The van der Waals surface area contributed by atoms with Gasteiger partial charge in [0, 0.05) is 51.0 Å². The maximum atomic E-state index is 13.0. The first-order valence-electron chi connectivity index (χ1n) is 8.60. The van der Waals surface area contributed by atoms with E-state index in [0.29, 0.717) is 32.0 Å². The number of hydrogen-bond donors (Lipinski definition) is 0. The van der Waals surface area contributed by atoms with Crippen molar-refractivity contribution in [3.8, 4) is 0 Å². The third kappa shape index (κ3) is 2.91. The SMILES string of the molecule is FC(F)(F)c1cn2ccnc(N3CCN(c4nc5cnccc5s4)CC3)c2n1. The molecule has 1 aliphatic rings. The fourth-order valence-electron chi connectivity index (χ4n) is 3.28. The molecule has 28 heavy (non-hydrogen) atoms. The predicted octanol–water partition coefficient (Wildman–Crippen LogP) is 3.08. The van der Waals surface area contributed by atoms with Gasteiger partial charge in [0.05, 0.1) is 10.9 Å². The minimum atomic E-state index is -4.48. The molecule has 4 aromatic rings. The number of alkyl halides is 3. The van der Waals surface area contributed by atoms with Crippen molar-refractivity contribution in [2.45, 2.75) is 6.18 Å². The highest BCUT2D eigenvalue weighted by molar-refractivity contribution is 7.22. The van der Waals surface area contributed by atoms with E-state index < -0.39 is 11.9 Å². The topological polar surface area (TPSA) is 62.5 Å². The first kappa shape index (κ1) is 17.2. The maximum Gasteiger partial charge on any atom is 0.434 e. The van der Waals surface area contributed by atoms with Gasteiger partial charge >= 0.3 is 6.18 Å². The van der Waals surface area contributed by atoms with Crippen molar-refractivity contribution in [1.29, 1.82) is 0 Å². The van der Waals surface area contributed by atoms with Crippen LogP contribution in [0.15, 0.2) is 37.1 Å². The standard InChI is InChI=1S/C17H14F3N7S/c18-17(19,20)13-10-27-4-3-22-14(15(27)24-13)25-5-7-26(8-6-25)16-23-11-9-21-2-1-12(11)28-16/h1-4,9-10H,5-8H2. The Morgan fingerprint density at radius 1 is 1.00 bits per heavy atom. The van der Waals surface area contributed by atoms with Crippen molar-refractivity contribution in [1.82, 2.24) is 24.3 Å². The van der Waals surface area contributed by atoms with Crippen LogP contribution in [0.5, 0.6) is 0 Å². The summed E-state index contributed by atoms with van der Waals surface area (Å²) in [6.45, 7) is 2.63. The molecule has 0 spiro atoms. The third-order valence-electron chi connectivity index (χ3n) is 4.68. The number of halogens is 3. The average molecular weight is 405 g/mol. The minimum absolute atomic E-state index is 0.217. The molecular formula is C17H14F3N7S. The molecular weight excluding hydrogens is 391 g/mol. The van der Waals surface area contributed by atoms with Crippen LogP contribution in [0.2, 0.25) is 0 Å². The molecule has 0 saturated carbocycles. The number of rotatable bonds is 2. The number of nitrogens with zero attached hydrogens (tertiary/aromatic N) is 7. The number of hydrogen-bond acceptors (Lipinski definition) is 7. The number of anilines is 2. The Balaban J connectivity index is 1.38. The highest BCUT2D eigenvalue weighted by Crippen LogP contribution is 2.32. The van der Waals surface area contributed by atoms with Crippen molar-refractivity contribution in [2.75, 3.05) is 36.0 Å². The molecule has 11 heteroatoms. The molecule has 1 aliphatic heterocycles. The van der Waals surface area contributed by atoms with Crippen LogP contribution in [0, 0.1) is 0 Å². The van der Waals surface area contributed by atoms with Gasteiger partial charge in [-0.1, -0.05) is 11.3 Å². The van der Waals surface area contributed by atoms with E-state index in [9.17, 15) is 13.2 Å². The second-order valence-corrected chi connectivity index (χ2v) is 7.43. The highest BCUT2D eigenvalue weighted by Gasteiger charge is 2.34. The van der Waals surface area contributed by atoms with Gasteiger partial charge in [0.25, 0.3) is 0 Å². The number of thiazole rings is 1. The summed E-state index contributed by atoms with van der Waals surface area (Å²) >= 11 is 1.61. The van der Waals surface area contributed by atoms with Gasteiger partial charge in [-0.15, -0.1) is 0 Å². The Morgan fingerprint density at radius 3 is 2.54 bits per heavy atom. The van der Waals surface area contributed by atoms with E-state index in [1.54, 1.807) is 23.7 Å². The molecule has 5 heterocycles. The van der Waals surface area contributed by atoms with Crippen molar-refractivity contribution in [2.24, 2.45) is 0 Å². The van der Waals surface area contributed by atoms with E-state index in [1.165, 1.54) is 16.8 Å². The van der Waals surface area contributed by atoms with Gasteiger partial charge < -0.3 is 14.2 Å². The molecule has 0 bridgehead atoms. The van der Waals surface area contributed by atoms with E-state index in [1.807, 2.05) is 11.0 Å². The van der Waals surface area contributed by atoms with Gasteiger partial charge in [0.15, 0.2) is 22.3 Å². The van der Waals surface area contributed by atoms with Crippen molar-refractivity contribution in [3.05, 3.63) is 42.7 Å². The van der Waals surface area contributed by atoms with Crippen LogP contribution in [0.3, 0.4) is 0 Å². The second kappa shape index (κ2) is 6.30. The Bertz CT molecular complexity index is 1110. The summed E-state index contributed by atoms with van der Waals surface area (Å²) in [5.41, 5.74) is 0.172. The van der Waals surface area contributed by atoms with E-state index in [2.05, 4.69) is 24.8 Å². The first-order valence-corrected chi connectivity index (χ1v) is 9.42. The van der Waals surface area contributed by atoms with Crippen LogP contribution in [0.1, 0.15) is 5.69 Å². The Kier molecular flexibility index (Phi) is 3.86. The zero-order valence-electron chi connectivity index (χ0n) is 14.5. The van der Waals surface area contributed by atoms with E-state index in [-0.39, 0.29) is 5.65 Å². The molecule has 0 radical (unpaired) electrons. The molecule has 1 saturated heterocycles. The van der Waals surface area contributed by atoms with Crippen LogP contribution in [0.4, 0.5) is 24.1 Å². The maximum absolute atomic E-state index is 13.0. The van der Waals surface area contributed by atoms with Gasteiger partial charge in [0.2, 0.25) is 0 Å². The summed E-state index contributed by atoms with van der Waals surface area (Å²) in [5.74, 6) is 0.464. The smallest absolute Gasteiger partial charge is 0.350 e. The lowest BCUT2D eigenvalue weighted by Gasteiger charge is -2.35. The second-order valence-electron chi connectivity index (χ2n) is 6.42. The molecule has 7 nitrogen and oxygen atoms in total. The molecule has 0 amide bonds. The molecule has 0 atom stereocenters. The monoisotopic (exact) mass is 405 g/mol. The lowest BCUT2D eigenvalue weighted by atomic mass is 10.3. The molecule has 0 aliphatic carbocycles. The summed E-state index contributed by atoms with van der Waals surface area (Å²) < 4.78 is 41.5. The summed E-state index contributed by atoms with van der Waals surface area (Å²) in [7, 11) is 0.